The van der Waals surface area contributed by atoms with Gasteiger partial charge < -0.3 is 13.9 Å². The van der Waals surface area contributed by atoms with Crippen LogP contribution in [0.5, 0.6) is 0 Å². The minimum absolute atomic E-state index is 0.888. The Kier molecular flexibility index (Phi) is 6.55. The van der Waals surface area contributed by atoms with Crippen LogP contribution >= 0.6 is 0 Å². The number of furan rings is 1. The second-order valence-electron chi connectivity index (χ2n) is 13.8. The summed E-state index contributed by atoms with van der Waals surface area (Å²) in [5.74, 6) is 0. The fourth-order valence-electron chi connectivity index (χ4n) is 8.24. The van der Waals surface area contributed by atoms with E-state index < -0.39 is 0 Å². The zero-order chi connectivity index (χ0) is 34.9. The monoisotopic (exact) mass is 676 g/mol. The zero-order valence-corrected chi connectivity index (χ0v) is 28.8. The summed E-state index contributed by atoms with van der Waals surface area (Å²) in [6.45, 7) is 0. The lowest BCUT2D eigenvalue weighted by Gasteiger charge is -2.26. The van der Waals surface area contributed by atoms with E-state index in [2.05, 4.69) is 191 Å². The van der Waals surface area contributed by atoms with Gasteiger partial charge >= 0.3 is 0 Å². The molecule has 2 heterocycles. The van der Waals surface area contributed by atoms with Crippen molar-refractivity contribution in [3.63, 3.8) is 0 Å². The quantitative estimate of drug-likeness (QED) is 0.169. The SMILES string of the molecule is c1ccc(-n2c3ccccc3c3cc(-c4ccc(N(c5ccc6ccc7ccccc7c6c5)c5ccc6oc7ccccc7c6c5)cc4)ccc32)cc1. The van der Waals surface area contributed by atoms with Gasteiger partial charge in [-0.25, -0.2) is 0 Å². The molecule has 3 heteroatoms. The molecule has 0 aliphatic heterocycles. The third kappa shape index (κ3) is 4.75. The van der Waals surface area contributed by atoms with Crippen LogP contribution in [0, 0.1) is 0 Å². The highest BCUT2D eigenvalue weighted by Crippen LogP contribution is 2.42. The minimum Gasteiger partial charge on any atom is -0.456 e. The van der Waals surface area contributed by atoms with Crippen molar-refractivity contribution < 1.29 is 4.42 Å². The van der Waals surface area contributed by atoms with Crippen LogP contribution in [0.4, 0.5) is 17.1 Å². The molecule has 0 N–H and O–H groups in total. The number of rotatable bonds is 5. The second-order valence-corrected chi connectivity index (χ2v) is 13.8. The van der Waals surface area contributed by atoms with Crippen molar-refractivity contribution in [2.24, 2.45) is 0 Å². The minimum atomic E-state index is 0.888. The van der Waals surface area contributed by atoms with Crippen molar-refractivity contribution in [3.8, 4) is 16.8 Å². The highest BCUT2D eigenvalue weighted by Gasteiger charge is 2.18. The third-order valence-electron chi connectivity index (χ3n) is 10.8. The summed E-state index contributed by atoms with van der Waals surface area (Å²) in [4.78, 5) is 2.36. The number of benzene rings is 9. The van der Waals surface area contributed by atoms with Gasteiger partial charge in [0.05, 0.1) is 11.0 Å². The van der Waals surface area contributed by atoms with E-state index in [1.54, 1.807) is 0 Å². The van der Waals surface area contributed by atoms with Crippen LogP contribution in [-0.2, 0) is 0 Å². The van der Waals surface area contributed by atoms with E-state index in [9.17, 15) is 0 Å². The van der Waals surface area contributed by atoms with Crippen molar-refractivity contribution in [1.29, 1.82) is 0 Å². The summed E-state index contributed by atoms with van der Waals surface area (Å²) in [5.41, 5.74) is 11.0. The van der Waals surface area contributed by atoms with Crippen LogP contribution in [0.2, 0.25) is 0 Å². The summed E-state index contributed by atoms with van der Waals surface area (Å²) in [7, 11) is 0. The summed E-state index contributed by atoms with van der Waals surface area (Å²) in [5, 5.41) is 9.68. The zero-order valence-electron chi connectivity index (χ0n) is 28.8. The van der Waals surface area contributed by atoms with Gasteiger partial charge in [-0.1, -0.05) is 115 Å². The van der Waals surface area contributed by atoms with Gasteiger partial charge in [0.15, 0.2) is 0 Å². The van der Waals surface area contributed by atoms with Gasteiger partial charge in [-0.15, -0.1) is 0 Å². The van der Waals surface area contributed by atoms with Gasteiger partial charge in [0.25, 0.3) is 0 Å². The number of hydrogen-bond donors (Lipinski definition) is 0. The number of nitrogens with zero attached hydrogens (tertiary/aromatic N) is 2. The molecule has 0 amide bonds. The first-order chi connectivity index (χ1) is 26.3. The molecule has 0 spiro atoms. The topological polar surface area (TPSA) is 21.3 Å². The molecule has 0 unspecified atom stereocenters. The van der Waals surface area contributed by atoms with E-state index in [-0.39, 0.29) is 0 Å². The average molecular weight is 677 g/mol. The maximum atomic E-state index is 6.23. The predicted molar refractivity (Wildman–Crippen MR) is 223 cm³/mol. The average Bonchev–Trinajstić information content (AvgIpc) is 3.77. The van der Waals surface area contributed by atoms with E-state index in [0.717, 1.165) is 39.0 Å². The molecule has 11 aromatic rings. The second kappa shape index (κ2) is 11.7. The van der Waals surface area contributed by atoms with E-state index in [1.165, 1.54) is 60.2 Å². The molecule has 0 saturated heterocycles. The highest BCUT2D eigenvalue weighted by molar-refractivity contribution is 6.11. The lowest BCUT2D eigenvalue weighted by Crippen LogP contribution is -2.09. The van der Waals surface area contributed by atoms with Crippen LogP contribution < -0.4 is 4.90 Å². The molecule has 0 saturated carbocycles. The van der Waals surface area contributed by atoms with Crippen molar-refractivity contribution >= 4 is 82.4 Å². The lowest BCUT2D eigenvalue weighted by molar-refractivity contribution is 0.669. The van der Waals surface area contributed by atoms with Crippen molar-refractivity contribution in [3.05, 3.63) is 194 Å². The molecule has 0 aliphatic carbocycles. The molecular formula is C50H32N2O. The number of fused-ring (bicyclic) bond motifs is 9. The smallest absolute Gasteiger partial charge is 0.135 e. The molecule has 0 radical (unpaired) electrons. The lowest BCUT2D eigenvalue weighted by atomic mass is 10.00. The Morgan fingerprint density at radius 1 is 0.340 bits per heavy atom. The number of para-hydroxylation sites is 3. The standard InChI is InChI=1S/C50H32N2O/c1-2-11-37(12-3-1)52-47-16-8-6-14-42(47)45-30-36(23-28-48(45)52)33-20-24-38(25-21-33)51(40-27-29-50-46(32-40)43-15-7-9-17-49(43)53-50)39-26-22-35-19-18-34-10-4-5-13-41(34)44(35)31-39/h1-32H. The van der Waals surface area contributed by atoms with Crippen molar-refractivity contribution in [2.75, 3.05) is 4.90 Å². The van der Waals surface area contributed by atoms with Crippen molar-refractivity contribution in [2.45, 2.75) is 0 Å². The summed E-state index contributed by atoms with van der Waals surface area (Å²) >= 11 is 0. The van der Waals surface area contributed by atoms with Gasteiger partial charge in [-0.3, -0.25) is 0 Å². The fourth-order valence-corrected chi connectivity index (χ4v) is 8.24. The largest absolute Gasteiger partial charge is 0.456 e. The van der Waals surface area contributed by atoms with E-state index in [4.69, 9.17) is 4.42 Å². The Labute approximate surface area is 306 Å². The molecule has 0 atom stereocenters. The highest BCUT2D eigenvalue weighted by atomic mass is 16.3. The van der Waals surface area contributed by atoms with Crippen LogP contribution in [0.15, 0.2) is 199 Å². The fraction of sp³-hybridized carbons (Fsp3) is 0. The maximum absolute atomic E-state index is 6.23. The van der Waals surface area contributed by atoms with Gasteiger partial charge in [-0.2, -0.15) is 0 Å². The van der Waals surface area contributed by atoms with Crippen LogP contribution in [0.1, 0.15) is 0 Å². The number of aromatic nitrogens is 1. The Bertz CT molecular complexity index is 3170. The first-order valence-electron chi connectivity index (χ1n) is 18.1. The molecule has 53 heavy (non-hydrogen) atoms. The summed E-state index contributed by atoms with van der Waals surface area (Å²) < 4.78 is 8.60. The van der Waals surface area contributed by atoms with Gasteiger partial charge in [0, 0.05) is 44.3 Å². The number of hydrogen-bond acceptors (Lipinski definition) is 2. The van der Waals surface area contributed by atoms with Crippen LogP contribution in [0.25, 0.3) is 82.1 Å². The molecule has 2 aromatic heterocycles. The first-order valence-corrected chi connectivity index (χ1v) is 18.1. The Morgan fingerprint density at radius 2 is 0.925 bits per heavy atom. The molecule has 0 fully saturated rings. The van der Waals surface area contributed by atoms with E-state index in [0.29, 0.717) is 0 Å². The first kappa shape index (κ1) is 29.6. The number of anilines is 3. The predicted octanol–water partition coefficient (Wildman–Crippen LogP) is 14.1. The van der Waals surface area contributed by atoms with Crippen molar-refractivity contribution in [1.82, 2.24) is 4.57 Å². The maximum Gasteiger partial charge on any atom is 0.135 e. The molecule has 3 nitrogen and oxygen atoms in total. The summed E-state index contributed by atoms with van der Waals surface area (Å²) in [6, 6.07) is 69.9. The molecular weight excluding hydrogens is 645 g/mol. The Morgan fingerprint density at radius 3 is 1.77 bits per heavy atom. The summed E-state index contributed by atoms with van der Waals surface area (Å²) in [6.07, 6.45) is 0. The Balaban J connectivity index is 1.06. The van der Waals surface area contributed by atoms with Gasteiger partial charge in [0.2, 0.25) is 0 Å². The van der Waals surface area contributed by atoms with Crippen LogP contribution in [0.3, 0.4) is 0 Å². The molecule has 9 aromatic carbocycles. The van der Waals surface area contributed by atoms with Gasteiger partial charge in [-0.05, 0) is 112 Å². The normalized spacial score (nSPS) is 11.8. The van der Waals surface area contributed by atoms with E-state index >= 15 is 0 Å². The molecule has 11 rings (SSSR count). The molecule has 248 valence electrons. The van der Waals surface area contributed by atoms with E-state index in [1.807, 2.05) is 12.1 Å². The Hall–Kier alpha value is -7.10. The van der Waals surface area contributed by atoms with Crippen LogP contribution in [-0.4, -0.2) is 4.57 Å². The third-order valence-corrected chi connectivity index (χ3v) is 10.8. The van der Waals surface area contributed by atoms with Gasteiger partial charge in [0.1, 0.15) is 11.2 Å². The molecule has 0 aliphatic rings. The molecule has 0 bridgehead atoms.